The van der Waals surface area contributed by atoms with Gasteiger partial charge >= 0.3 is 0 Å². The first kappa shape index (κ1) is 14.2. The van der Waals surface area contributed by atoms with Gasteiger partial charge in [0, 0.05) is 11.6 Å². The van der Waals surface area contributed by atoms with Crippen LogP contribution < -0.4 is 10.5 Å². The molecule has 9 heteroatoms. The molecule has 3 N–H and O–H groups in total. The highest BCUT2D eigenvalue weighted by Crippen LogP contribution is 2.16. The second-order valence-electron chi connectivity index (χ2n) is 3.68. The average Bonchev–Trinajstić information content (AvgIpc) is 2.79. The van der Waals surface area contributed by atoms with Crippen LogP contribution in [0.1, 0.15) is 5.56 Å². The molecule has 0 radical (unpaired) electrons. The molecule has 0 saturated heterocycles. The Morgan fingerprint density at radius 1 is 1.26 bits per heavy atom. The minimum atomic E-state index is -3.63. The van der Waals surface area contributed by atoms with Crippen molar-refractivity contribution < 1.29 is 8.42 Å². The molecule has 0 bridgehead atoms. The Kier molecular flexibility index (Phi) is 4.35. The van der Waals surface area contributed by atoms with Gasteiger partial charge < -0.3 is 5.73 Å². The van der Waals surface area contributed by atoms with E-state index in [9.17, 15) is 8.42 Å². The number of nitrogen functional groups attached to an aromatic ring is 1. The minimum Gasteiger partial charge on any atom is -0.374 e. The van der Waals surface area contributed by atoms with E-state index < -0.39 is 10.0 Å². The molecule has 0 aliphatic rings. The normalized spacial score (nSPS) is 11.6. The number of hydrogen-bond donors (Lipinski definition) is 2. The van der Waals surface area contributed by atoms with E-state index in [0.717, 1.165) is 16.9 Å². The van der Waals surface area contributed by atoms with E-state index in [1.807, 2.05) is 12.1 Å². The van der Waals surface area contributed by atoms with Crippen molar-refractivity contribution in [1.29, 1.82) is 0 Å². The van der Waals surface area contributed by atoms with E-state index in [0.29, 0.717) is 11.4 Å². The largest absolute Gasteiger partial charge is 0.374 e. The van der Waals surface area contributed by atoms with Crippen molar-refractivity contribution in [2.75, 3.05) is 12.3 Å². The van der Waals surface area contributed by atoms with Crippen LogP contribution in [0.25, 0.3) is 0 Å². The Balaban J connectivity index is 1.93. The maximum atomic E-state index is 11.8. The summed E-state index contributed by atoms with van der Waals surface area (Å²) in [6.07, 6.45) is 0.560. The summed E-state index contributed by atoms with van der Waals surface area (Å²) in [6.45, 7) is 0.267. The SMILES string of the molecule is Nc1nnc(S(=O)(=O)NCCc2ccc(Cl)cc2)s1. The number of benzene rings is 1. The molecule has 2 aromatic rings. The molecule has 0 saturated carbocycles. The number of sulfonamides is 1. The number of aromatic nitrogens is 2. The van der Waals surface area contributed by atoms with Crippen LogP contribution in [0.5, 0.6) is 0 Å². The van der Waals surface area contributed by atoms with Crippen molar-refractivity contribution in [3.63, 3.8) is 0 Å². The molecule has 0 unspecified atom stereocenters. The quantitative estimate of drug-likeness (QED) is 0.865. The number of rotatable bonds is 5. The lowest BCUT2D eigenvalue weighted by atomic mass is 10.2. The molecule has 0 fully saturated rings. The Bertz CT molecular complexity index is 654. The van der Waals surface area contributed by atoms with Crippen molar-refractivity contribution in [2.45, 2.75) is 10.8 Å². The molecule has 6 nitrogen and oxygen atoms in total. The molecular weight excluding hydrogens is 308 g/mol. The van der Waals surface area contributed by atoms with Gasteiger partial charge in [-0.25, -0.2) is 13.1 Å². The van der Waals surface area contributed by atoms with E-state index in [1.54, 1.807) is 12.1 Å². The summed E-state index contributed by atoms with van der Waals surface area (Å²) in [7, 11) is -3.63. The number of anilines is 1. The van der Waals surface area contributed by atoms with Gasteiger partial charge in [0.2, 0.25) is 9.47 Å². The number of nitrogens with two attached hydrogens (primary N) is 1. The Morgan fingerprint density at radius 2 is 1.95 bits per heavy atom. The van der Waals surface area contributed by atoms with Crippen LogP contribution in [-0.2, 0) is 16.4 Å². The summed E-state index contributed by atoms with van der Waals surface area (Å²) in [5, 5.41) is 7.74. The highest BCUT2D eigenvalue weighted by atomic mass is 35.5. The third-order valence-electron chi connectivity index (χ3n) is 2.27. The van der Waals surface area contributed by atoms with Crippen LogP contribution in [0.3, 0.4) is 0 Å². The smallest absolute Gasteiger partial charge is 0.269 e. The molecule has 0 atom stereocenters. The summed E-state index contributed by atoms with van der Waals surface area (Å²) in [5.74, 6) is 0. The Morgan fingerprint density at radius 3 is 2.53 bits per heavy atom. The van der Waals surface area contributed by atoms with Gasteiger partial charge in [-0.1, -0.05) is 35.1 Å². The second kappa shape index (κ2) is 5.83. The van der Waals surface area contributed by atoms with Gasteiger partial charge in [0.15, 0.2) is 0 Å². The van der Waals surface area contributed by atoms with Crippen LogP contribution in [0.15, 0.2) is 28.6 Å². The van der Waals surface area contributed by atoms with E-state index in [4.69, 9.17) is 17.3 Å². The molecular formula is C10H11ClN4O2S2. The van der Waals surface area contributed by atoms with E-state index in [-0.39, 0.29) is 16.0 Å². The zero-order chi connectivity index (χ0) is 13.9. The molecule has 0 aliphatic heterocycles. The van der Waals surface area contributed by atoms with Gasteiger partial charge in [0.25, 0.3) is 10.0 Å². The first-order chi connectivity index (χ1) is 8.97. The fraction of sp³-hybridized carbons (Fsp3) is 0.200. The van der Waals surface area contributed by atoms with Gasteiger partial charge in [0.1, 0.15) is 0 Å². The molecule has 102 valence electrons. The van der Waals surface area contributed by atoms with Crippen molar-refractivity contribution in [1.82, 2.24) is 14.9 Å². The highest BCUT2D eigenvalue weighted by Gasteiger charge is 2.18. The minimum absolute atomic E-state index is 0.123. The highest BCUT2D eigenvalue weighted by molar-refractivity contribution is 7.91. The molecule has 1 aromatic carbocycles. The number of nitrogens with zero attached hydrogens (tertiary/aromatic N) is 2. The van der Waals surface area contributed by atoms with Crippen LogP contribution in [-0.4, -0.2) is 25.2 Å². The molecule has 1 aromatic heterocycles. The Labute approximate surface area is 119 Å². The third kappa shape index (κ3) is 3.87. The summed E-state index contributed by atoms with van der Waals surface area (Å²) in [6, 6.07) is 7.22. The third-order valence-corrected chi connectivity index (χ3v) is 5.10. The van der Waals surface area contributed by atoms with Gasteiger partial charge in [-0.3, -0.25) is 0 Å². The zero-order valence-corrected chi connectivity index (χ0v) is 12.1. The topological polar surface area (TPSA) is 98.0 Å². The van der Waals surface area contributed by atoms with Crippen molar-refractivity contribution in [2.24, 2.45) is 0 Å². The predicted molar refractivity (Wildman–Crippen MR) is 74.7 cm³/mol. The fourth-order valence-corrected chi connectivity index (χ4v) is 3.35. The van der Waals surface area contributed by atoms with E-state index in [2.05, 4.69) is 14.9 Å². The monoisotopic (exact) mass is 318 g/mol. The summed E-state index contributed by atoms with van der Waals surface area (Å²) in [4.78, 5) is 0. The summed E-state index contributed by atoms with van der Waals surface area (Å²) in [5.41, 5.74) is 6.34. The van der Waals surface area contributed by atoms with Crippen molar-refractivity contribution in [3.05, 3.63) is 34.9 Å². The lowest BCUT2D eigenvalue weighted by Crippen LogP contribution is -2.25. The number of hydrogen-bond acceptors (Lipinski definition) is 6. The van der Waals surface area contributed by atoms with Crippen molar-refractivity contribution in [3.8, 4) is 0 Å². The second-order valence-corrected chi connectivity index (χ2v) is 7.07. The average molecular weight is 319 g/mol. The van der Waals surface area contributed by atoms with Crippen LogP contribution >= 0.6 is 22.9 Å². The lowest BCUT2D eigenvalue weighted by Gasteiger charge is -2.03. The molecule has 1 heterocycles. The number of nitrogens with one attached hydrogen (secondary N) is 1. The first-order valence-electron chi connectivity index (χ1n) is 5.30. The molecule has 19 heavy (non-hydrogen) atoms. The van der Waals surface area contributed by atoms with Crippen LogP contribution in [0.2, 0.25) is 5.02 Å². The van der Waals surface area contributed by atoms with Crippen LogP contribution in [0, 0.1) is 0 Å². The van der Waals surface area contributed by atoms with Gasteiger partial charge in [-0.05, 0) is 24.1 Å². The van der Waals surface area contributed by atoms with E-state index in [1.165, 1.54) is 0 Å². The molecule has 0 spiro atoms. The molecule has 2 rings (SSSR count). The lowest BCUT2D eigenvalue weighted by molar-refractivity contribution is 0.579. The molecule has 0 amide bonds. The standard InChI is InChI=1S/C10H11ClN4O2S2/c11-8-3-1-7(2-4-8)5-6-13-19(16,17)10-15-14-9(12)18-10/h1-4,13H,5-6H2,(H2,12,14). The van der Waals surface area contributed by atoms with Gasteiger partial charge in [-0.2, -0.15) is 0 Å². The zero-order valence-electron chi connectivity index (χ0n) is 9.71. The van der Waals surface area contributed by atoms with Crippen LogP contribution in [0.4, 0.5) is 5.13 Å². The number of halogens is 1. The predicted octanol–water partition coefficient (Wildman–Crippen LogP) is 1.29. The van der Waals surface area contributed by atoms with E-state index >= 15 is 0 Å². The fourth-order valence-electron chi connectivity index (χ4n) is 1.37. The van der Waals surface area contributed by atoms with Crippen molar-refractivity contribution >= 4 is 38.1 Å². The van der Waals surface area contributed by atoms with Gasteiger partial charge in [0.05, 0.1) is 0 Å². The summed E-state index contributed by atoms with van der Waals surface area (Å²) >= 11 is 6.59. The maximum absolute atomic E-state index is 11.8. The van der Waals surface area contributed by atoms with Gasteiger partial charge in [-0.15, -0.1) is 10.2 Å². The first-order valence-corrected chi connectivity index (χ1v) is 7.98. The maximum Gasteiger partial charge on any atom is 0.269 e. The summed E-state index contributed by atoms with van der Waals surface area (Å²) < 4.78 is 25.9. The molecule has 0 aliphatic carbocycles. The Hall–Kier alpha value is -1.22.